The van der Waals surface area contributed by atoms with Gasteiger partial charge in [-0.2, -0.15) is 0 Å². The SMILES string of the molecule is Cc1ccc(C(Br)Cc2cccc(F)c2)c(C)c1. The van der Waals surface area contributed by atoms with Gasteiger partial charge in [0.15, 0.2) is 0 Å². The number of alkyl halides is 1. The molecule has 0 spiro atoms. The van der Waals surface area contributed by atoms with E-state index in [0.717, 1.165) is 12.0 Å². The number of halogens is 2. The van der Waals surface area contributed by atoms with Crippen molar-refractivity contribution < 1.29 is 4.39 Å². The molecule has 0 fully saturated rings. The lowest BCUT2D eigenvalue weighted by Gasteiger charge is -2.14. The van der Waals surface area contributed by atoms with Crippen molar-refractivity contribution in [2.75, 3.05) is 0 Å². The summed E-state index contributed by atoms with van der Waals surface area (Å²) in [5.74, 6) is -0.173. The molecule has 2 aromatic rings. The molecule has 1 atom stereocenters. The van der Waals surface area contributed by atoms with E-state index < -0.39 is 0 Å². The third-order valence-corrected chi connectivity index (χ3v) is 3.88. The van der Waals surface area contributed by atoms with Crippen LogP contribution in [0.25, 0.3) is 0 Å². The Balaban J connectivity index is 2.19. The topological polar surface area (TPSA) is 0 Å². The molecule has 0 heterocycles. The lowest BCUT2D eigenvalue weighted by Crippen LogP contribution is -1.98. The average Bonchev–Trinajstić information content (AvgIpc) is 2.28. The van der Waals surface area contributed by atoms with E-state index in [2.05, 4.69) is 48.0 Å². The number of rotatable bonds is 3. The molecule has 1 unspecified atom stereocenters. The molecule has 0 bridgehead atoms. The molecule has 94 valence electrons. The van der Waals surface area contributed by atoms with Gasteiger partial charge in [-0.1, -0.05) is 51.8 Å². The first kappa shape index (κ1) is 13.3. The molecule has 0 aromatic heterocycles. The monoisotopic (exact) mass is 306 g/mol. The van der Waals surface area contributed by atoms with Crippen LogP contribution in [0, 0.1) is 19.7 Å². The molecule has 2 heteroatoms. The maximum Gasteiger partial charge on any atom is 0.123 e. The quantitative estimate of drug-likeness (QED) is 0.690. The minimum absolute atomic E-state index is 0.173. The second-order valence-electron chi connectivity index (χ2n) is 4.66. The minimum Gasteiger partial charge on any atom is -0.207 e. The van der Waals surface area contributed by atoms with E-state index in [0.29, 0.717) is 0 Å². The fraction of sp³-hybridized carbons (Fsp3) is 0.250. The summed E-state index contributed by atoms with van der Waals surface area (Å²) >= 11 is 3.70. The molecule has 0 nitrogen and oxygen atoms in total. The summed E-state index contributed by atoms with van der Waals surface area (Å²) in [4.78, 5) is 0.222. The summed E-state index contributed by atoms with van der Waals surface area (Å²) in [6.07, 6.45) is 0.793. The van der Waals surface area contributed by atoms with Crippen molar-refractivity contribution in [3.8, 4) is 0 Å². The first-order valence-electron chi connectivity index (χ1n) is 6.02. The van der Waals surface area contributed by atoms with Gasteiger partial charge in [-0.25, -0.2) is 4.39 Å². The fourth-order valence-electron chi connectivity index (χ4n) is 2.16. The van der Waals surface area contributed by atoms with E-state index >= 15 is 0 Å². The Bertz CT molecular complexity index is 549. The van der Waals surface area contributed by atoms with Crippen LogP contribution in [0.2, 0.25) is 0 Å². The van der Waals surface area contributed by atoms with Gasteiger partial charge in [0.05, 0.1) is 0 Å². The molecule has 0 saturated carbocycles. The maximum absolute atomic E-state index is 13.1. The average molecular weight is 307 g/mol. The van der Waals surface area contributed by atoms with Crippen LogP contribution >= 0.6 is 15.9 Å². The van der Waals surface area contributed by atoms with E-state index in [4.69, 9.17) is 0 Å². The summed E-state index contributed by atoms with van der Waals surface area (Å²) in [5, 5.41) is 0. The Morgan fingerprint density at radius 1 is 1.11 bits per heavy atom. The minimum atomic E-state index is -0.173. The molecule has 2 rings (SSSR count). The van der Waals surface area contributed by atoms with Crippen molar-refractivity contribution in [2.24, 2.45) is 0 Å². The largest absolute Gasteiger partial charge is 0.207 e. The second-order valence-corrected chi connectivity index (χ2v) is 5.77. The normalized spacial score (nSPS) is 12.4. The van der Waals surface area contributed by atoms with Crippen molar-refractivity contribution in [1.29, 1.82) is 0 Å². The molecule has 2 aromatic carbocycles. The Labute approximate surface area is 116 Å². The number of aryl methyl sites for hydroxylation is 2. The molecule has 0 aliphatic heterocycles. The zero-order valence-corrected chi connectivity index (χ0v) is 12.2. The highest BCUT2D eigenvalue weighted by Gasteiger charge is 2.11. The van der Waals surface area contributed by atoms with E-state index in [1.54, 1.807) is 12.1 Å². The van der Waals surface area contributed by atoms with Crippen molar-refractivity contribution in [2.45, 2.75) is 25.1 Å². The zero-order valence-electron chi connectivity index (χ0n) is 10.6. The standard InChI is InChI=1S/C16H16BrF/c1-11-6-7-15(12(2)8-11)16(17)10-13-4-3-5-14(18)9-13/h3-9,16H,10H2,1-2H3. The Kier molecular flexibility index (Phi) is 4.18. The van der Waals surface area contributed by atoms with Gasteiger partial charge in [0.2, 0.25) is 0 Å². The molecule has 18 heavy (non-hydrogen) atoms. The van der Waals surface area contributed by atoms with Crippen molar-refractivity contribution in [1.82, 2.24) is 0 Å². The van der Waals surface area contributed by atoms with E-state index in [9.17, 15) is 4.39 Å². The Morgan fingerprint density at radius 2 is 1.89 bits per heavy atom. The first-order chi connectivity index (χ1) is 8.56. The van der Waals surface area contributed by atoms with E-state index in [-0.39, 0.29) is 10.6 Å². The highest BCUT2D eigenvalue weighted by atomic mass is 79.9. The van der Waals surface area contributed by atoms with Crippen LogP contribution in [-0.2, 0) is 6.42 Å². The third kappa shape index (κ3) is 3.20. The van der Waals surface area contributed by atoms with Crippen LogP contribution < -0.4 is 0 Å². The molecular formula is C16H16BrF. The molecule has 0 aliphatic carbocycles. The fourth-order valence-corrected chi connectivity index (χ4v) is 3.05. The van der Waals surface area contributed by atoms with Crippen LogP contribution in [-0.4, -0.2) is 0 Å². The molecular weight excluding hydrogens is 291 g/mol. The first-order valence-corrected chi connectivity index (χ1v) is 6.93. The number of hydrogen-bond donors (Lipinski definition) is 0. The zero-order chi connectivity index (χ0) is 13.1. The van der Waals surface area contributed by atoms with E-state index in [1.807, 2.05) is 6.07 Å². The Hall–Kier alpha value is -1.15. The highest BCUT2D eigenvalue weighted by molar-refractivity contribution is 9.09. The molecule has 0 N–H and O–H groups in total. The predicted molar refractivity (Wildman–Crippen MR) is 77.7 cm³/mol. The third-order valence-electron chi connectivity index (χ3n) is 3.07. The van der Waals surface area contributed by atoms with Gasteiger partial charge >= 0.3 is 0 Å². The van der Waals surface area contributed by atoms with Gasteiger partial charge < -0.3 is 0 Å². The van der Waals surface area contributed by atoms with Gasteiger partial charge in [-0.15, -0.1) is 0 Å². The smallest absolute Gasteiger partial charge is 0.123 e. The summed E-state index contributed by atoms with van der Waals surface area (Å²) in [7, 11) is 0. The lowest BCUT2D eigenvalue weighted by atomic mass is 9.99. The van der Waals surface area contributed by atoms with Crippen LogP contribution in [0.3, 0.4) is 0 Å². The summed E-state index contributed by atoms with van der Waals surface area (Å²) in [6, 6.07) is 13.2. The molecule has 0 radical (unpaired) electrons. The van der Waals surface area contributed by atoms with Crippen LogP contribution in [0.15, 0.2) is 42.5 Å². The van der Waals surface area contributed by atoms with Crippen molar-refractivity contribution in [3.05, 3.63) is 70.5 Å². The predicted octanol–water partition coefficient (Wildman–Crippen LogP) is 5.12. The highest BCUT2D eigenvalue weighted by Crippen LogP contribution is 2.30. The maximum atomic E-state index is 13.1. The van der Waals surface area contributed by atoms with Gasteiger partial charge in [0.1, 0.15) is 5.82 Å². The summed E-state index contributed by atoms with van der Waals surface area (Å²) < 4.78 is 13.1. The number of hydrogen-bond acceptors (Lipinski definition) is 0. The number of benzene rings is 2. The Morgan fingerprint density at radius 3 is 2.56 bits per heavy atom. The summed E-state index contributed by atoms with van der Waals surface area (Å²) in [6.45, 7) is 4.20. The molecule has 0 amide bonds. The van der Waals surface area contributed by atoms with Crippen LogP contribution in [0.5, 0.6) is 0 Å². The molecule has 0 saturated heterocycles. The van der Waals surface area contributed by atoms with Gasteiger partial charge in [0.25, 0.3) is 0 Å². The summed E-state index contributed by atoms with van der Waals surface area (Å²) in [5.41, 5.74) is 4.82. The van der Waals surface area contributed by atoms with Crippen molar-refractivity contribution >= 4 is 15.9 Å². The van der Waals surface area contributed by atoms with Crippen LogP contribution in [0.1, 0.15) is 27.1 Å². The van der Waals surface area contributed by atoms with Crippen molar-refractivity contribution in [3.63, 3.8) is 0 Å². The lowest BCUT2D eigenvalue weighted by molar-refractivity contribution is 0.625. The molecule has 0 aliphatic rings. The van der Waals surface area contributed by atoms with Gasteiger partial charge in [-0.05, 0) is 49.1 Å². The van der Waals surface area contributed by atoms with Crippen LogP contribution in [0.4, 0.5) is 4.39 Å². The van der Waals surface area contributed by atoms with Gasteiger partial charge in [0, 0.05) is 4.83 Å². The second kappa shape index (κ2) is 5.66. The van der Waals surface area contributed by atoms with Gasteiger partial charge in [-0.3, -0.25) is 0 Å². The van der Waals surface area contributed by atoms with E-state index in [1.165, 1.54) is 22.8 Å².